The molecule has 0 saturated heterocycles. The van der Waals surface area contributed by atoms with Gasteiger partial charge in [-0.25, -0.2) is 0 Å². The van der Waals surface area contributed by atoms with Crippen LogP contribution in [0.4, 0.5) is 0 Å². The molecule has 2 aromatic rings. The van der Waals surface area contributed by atoms with Crippen molar-refractivity contribution in [1.82, 2.24) is 10.3 Å². The van der Waals surface area contributed by atoms with Crippen LogP contribution < -0.4 is 11.1 Å². The second-order valence-electron chi connectivity index (χ2n) is 5.26. The summed E-state index contributed by atoms with van der Waals surface area (Å²) in [7, 11) is 0. The Bertz CT molecular complexity index is 597. The number of rotatable bonds is 4. The fourth-order valence-corrected chi connectivity index (χ4v) is 1.82. The molecule has 6 heteroatoms. The van der Waals surface area contributed by atoms with E-state index >= 15 is 0 Å². The van der Waals surface area contributed by atoms with E-state index in [1.165, 1.54) is 0 Å². The third-order valence-electron chi connectivity index (χ3n) is 3.28. The molecule has 1 amide bonds. The van der Waals surface area contributed by atoms with Crippen molar-refractivity contribution in [2.75, 3.05) is 6.54 Å². The number of hydrogen-bond donors (Lipinski definition) is 2. The largest absolute Gasteiger partial charge is 0.351 e. The number of amides is 1. The molecule has 0 unspecified atom stereocenters. The van der Waals surface area contributed by atoms with Gasteiger partial charge in [-0.15, -0.1) is 24.8 Å². The molecule has 0 bridgehead atoms. The molecule has 116 valence electrons. The first-order chi connectivity index (χ1) is 9.04. The van der Waals surface area contributed by atoms with Crippen LogP contribution in [0.2, 0.25) is 0 Å². The average molecular weight is 330 g/mol. The number of nitrogens with one attached hydrogen (secondary N) is 1. The second-order valence-corrected chi connectivity index (χ2v) is 5.26. The number of aromatic nitrogens is 1. The van der Waals surface area contributed by atoms with E-state index in [0.29, 0.717) is 13.1 Å². The maximum atomic E-state index is 12.0. The lowest BCUT2D eigenvalue weighted by molar-refractivity contribution is -0.129. The van der Waals surface area contributed by atoms with Crippen LogP contribution in [0, 0.1) is 5.41 Å². The van der Waals surface area contributed by atoms with Crippen molar-refractivity contribution in [3.8, 4) is 0 Å². The van der Waals surface area contributed by atoms with Crippen LogP contribution in [0.15, 0.2) is 36.5 Å². The molecule has 0 spiro atoms. The number of hydrogen-bond acceptors (Lipinski definition) is 3. The number of halogens is 2. The van der Waals surface area contributed by atoms with E-state index in [0.717, 1.165) is 16.5 Å². The van der Waals surface area contributed by atoms with Gasteiger partial charge in [0.25, 0.3) is 0 Å². The molecule has 21 heavy (non-hydrogen) atoms. The van der Waals surface area contributed by atoms with Gasteiger partial charge in [-0.1, -0.05) is 24.3 Å². The first-order valence-electron chi connectivity index (χ1n) is 6.35. The summed E-state index contributed by atoms with van der Waals surface area (Å²) in [6.07, 6.45) is 1.76. The van der Waals surface area contributed by atoms with Gasteiger partial charge in [0.2, 0.25) is 5.91 Å². The molecule has 0 aliphatic carbocycles. The minimum absolute atomic E-state index is 0. The Morgan fingerprint density at radius 2 is 1.90 bits per heavy atom. The summed E-state index contributed by atoms with van der Waals surface area (Å²) in [5.74, 6) is -0.0389. The molecule has 0 fully saturated rings. The molecule has 3 N–H and O–H groups in total. The van der Waals surface area contributed by atoms with Crippen LogP contribution in [-0.4, -0.2) is 17.4 Å². The molecule has 0 radical (unpaired) electrons. The highest BCUT2D eigenvalue weighted by molar-refractivity contribution is 5.86. The van der Waals surface area contributed by atoms with Crippen LogP contribution in [0.3, 0.4) is 0 Å². The van der Waals surface area contributed by atoms with E-state index in [9.17, 15) is 4.79 Å². The van der Waals surface area contributed by atoms with Crippen molar-refractivity contribution >= 4 is 41.6 Å². The maximum absolute atomic E-state index is 12.0. The smallest absolute Gasteiger partial charge is 0.227 e. The Hall–Kier alpha value is -1.36. The zero-order valence-corrected chi connectivity index (χ0v) is 13.8. The van der Waals surface area contributed by atoms with E-state index in [2.05, 4.69) is 10.3 Å². The number of carbonyl (C=O) groups is 1. The number of nitrogens with two attached hydrogens (primary N) is 1. The molecule has 4 nitrogen and oxygen atoms in total. The molecule has 1 aromatic carbocycles. The highest BCUT2D eigenvalue weighted by Gasteiger charge is 2.25. The van der Waals surface area contributed by atoms with Crippen LogP contribution in [-0.2, 0) is 11.3 Å². The van der Waals surface area contributed by atoms with E-state index in [4.69, 9.17) is 5.73 Å². The lowest BCUT2D eigenvalue weighted by Gasteiger charge is -2.21. The predicted molar refractivity (Wildman–Crippen MR) is 90.9 cm³/mol. The summed E-state index contributed by atoms with van der Waals surface area (Å²) in [4.78, 5) is 16.4. The van der Waals surface area contributed by atoms with Crippen LogP contribution >= 0.6 is 24.8 Å². The van der Waals surface area contributed by atoms with Gasteiger partial charge in [-0.3, -0.25) is 9.78 Å². The lowest BCUT2D eigenvalue weighted by Crippen LogP contribution is -2.41. The quantitative estimate of drug-likeness (QED) is 0.906. The number of pyridine rings is 1. The minimum Gasteiger partial charge on any atom is -0.351 e. The van der Waals surface area contributed by atoms with Gasteiger partial charge in [0.15, 0.2) is 0 Å². The van der Waals surface area contributed by atoms with Gasteiger partial charge in [0, 0.05) is 24.7 Å². The van der Waals surface area contributed by atoms with Gasteiger partial charge in [-0.2, -0.15) is 0 Å². The Morgan fingerprint density at radius 1 is 1.24 bits per heavy atom. The Morgan fingerprint density at radius 3 is 2.57 bits per heavy atom. The fourth-order valence-electron chi connectivity index (χ4n) is 1.82. The summed E-state index contributed by atoms with van der Waals surface area (Å²) in [5.41, 5.74) is 6.99. The number of nitrogens with zero attached hydrogens (tertiary/aromatic N) is 1. The summed E-state index contributed by atoms with van der Waals surface area (Å²) in [6, 6.07) is 9.88. The van der Waals surface area contributed by atoms with Crippen molar-refractivity contribution in [2.24, 2.45) is 11.1 Å². The standard InChI is InChI=1S/C15H19N3O.2ClH/c1-15(2,10-16)14(19)18-9-12-6-3-5-11-7-4-8-17-13(11)12;;/h3-8H,9-10,16H2,1-2H3,(H,18,19);2*1H. The summed E-state index contributed by atoms with van der Waals surface area (Å²) in [5, 5.41) is 4.00. The third-order valence-corrected chi connectivity index (χ3v) is 3.28. The highest BCUT2D eigenvalue weighted by Crippen LogP contribution is 2.17. The van der Waals surface area contributed by atoms with Crippen LogP contribution in [0.1, 0.15) is 19.4 Å². The molecule has 0 atom stereocenters. The lowest BCUT2D eigenvalue weighted by atomic mass is 9.92. The zero-order chi connectivity index (χ0) is 13.9. The maximum Gasteiger partial charge on any atom is 0.227 e. The van der Waals surface area contributed by atoms with Crippen LogP contribution in [0.25, 0.3) is 10.9 Å². The van der Waals surface area contributed by atoms with Gasteiger partial charge < -0.3 is 11.1 Å². The molecule has 2 rings (SSSR count). The molecule has 0 aliphatic rings. The molecular formula is C15H21Cl2N3O. The third kappa shape index (κ3) is 4.56. The number of fused-ring (bicyclic) bond motifs is 1. The first-order valence-corrected chi connectivity index (χ1v) is 6.35. The normalized spacial score (nSPS) is 10.4. The van der Waals surface area contributed by atoms with Crippen molar-refractivity contribution in [3.05, 3.63) is 42.1 Å². The van der Waals surface area contributed by atoms with Crippen LogP contribution in [0.5, 0.6) is 0 Å². The topological polar surface area (TPSA) is 68.0 Å². The average Bonchev–Trinajstić information content (AvgIpc) is 2.44. The van der Waals surface area contributed by atoms with Gasteiger partial charge in [0.1, 0.15) is 0 Å². The SMILES string of the molecule is CC(C)(CN)C(=O)NCc1cccc2cccnc12.Cl.Cl. The van der Waals surface area contributed by atoms with Crippen molar-refractivity contribution in [3.63, 3.8) is 0 Å². The van der Waals surface area contributed by atoms with E-state index in [1.807, 2.05) is 44.2 Å². The van der Waals surface area contributed by atoms with E-state index in [1.54, 1.807) is 6.20 Å². The number of carbonyl (C=O) groups excluding carboxylic acids is 1. The molecule has 1 heterocycles. The minimum atomic E-state index is -0.544. The molecule has 0 aliphatic heterocycles. The van der Waals surface area contributed by atoms with E-state index < -0.39 is 5.41 Å². The van der Waals surface area contributed by atoms with Gasteiger partial charge >= 0.3 is 0 Å². The number of para-hydroxylation sites is 1. The van der Waals surface area contributed by atoms with Gasteiger partial charge in [0.05, 0.1) is 10.9 Å². The molecular weight excluding hydrogens is 309 g/mol. The highest BCUT2D eigenvalue weighted by atomic mass is 35.5. The van der Waals surface area contributed by atoms with Crippen molar-refractivity contribution in [2.45, 2.75) is 20.4 Å². The Kier molecular flexibility index (Phi) is 7.64. The van der Waals surface area contributed by atoms with Crippen molar-refractivity contribution < 1.29 is 4.79 Å². The number of benzene rings is 1. The molecule has 1 aromatic heterocycles. The van der Waals surface area contributed by atoms with Gasteiger partial charge in [-0.05, 0) is 25.5 Å². The Balaban J connectivity index is 0.00000200. The monoisotopic (exact) mass is 329 g/mol. The Labute approximate surface area is 137 Å². The molecule has 0 saturated carbocycles. The summed E-state index contributed by atoms with van der Waals surface area (Å²) in [6.45, 7) is 4.47. The van der Waals surface area contributed by atoms with E-state index in [-0.39, 0.29) is 30.7 Å². The zero-order valence-electron chi connectivity index (χ0n) is 12.1. The first kappa shape index (κ1) is 19.6. The second kappa shape index (κ2) is 8.17. The summed E-state index contributed by atoms with van der Waals surface area (Å²) >= 11 is 0. The summed E-state index contributed by atoms with van der Waals surface area (Å²) < 4.78 is 0. The predicted octanol–water partition coefficient (Wildman–Crippen LogP) is 2.68. The fraction of sp³-hybridized carbons (Fsp3) is 0.333. The van der Waals surface area contributed by atoms with Crippen molar-refractivity contribution in [1.29, 1.82) is 0 Å².